The minimum Gasteiger partial charge on any atom is -0.316 e. The van der Waals surface area contributed by atoms with Crippen LogP contribution in [-0.4, -0.2) is 13.1 Å². The van der Waals surface area contributed by atoms with Gasteiger partial charge in [0.2, 0.25) is 0 Å². The fraction of sp³-hybridized carbons (Fsp3) is 0.636. The smallest absolute Gasteiger partial charge is 0.00143 e. The summed E-state index contributed by atoms with van der Waals surface area (Å²) in [5, 5.41) is 3.39. The van der Waals surface area contributed by atoms with Crippen LogP contribution in [0.3, 0.4) is 0 Å². The van der Waals surface area contributed by atoms with E-state index in [9.17, 15) is 0 Å². The molecule has 0 fully saturated rings. The Bertz CT molecular complexity index is 118. The minimum atomic E-state index is 0.757. The van der Waals surface area contributed by atoms with E-state index in [1.165, 1.54) is 6.42 Å². The molecule has 0 amide bonds. The average Bonchev–Trinajstić information content (AvgIpc) is 2.09. The van der Waals surface area contributed by atoms with Gasteiger partial charge in [0.1, 0.15) is 0 Å². The van der Waals surface area contributed by atoms with Gasteiger partial charge >= 0.3 is 0 Å². The van der Waals surface area contributed by atoms with Gasteiger partial charge in [-0.3, -0.25) is 0 Å². The third kappa shape index (κ3) is 7.55. The first-order valence-electron chi connectivity index (χ1n) is 4.73. The summed E-state index contributed by atoms with van der Waals surface area (Å²) >= 11 is 0. The molecule has 0 aliphatic rings. The Morgan fingerprint density at radius 3 is 2.50 bits per heavy atom. The Morgan fingerprint density at radius 1 is 1.25 bits per heavy atom. The van der Waals surface area contributed by atoms with E-state index in [0.29, 0.717) is 0 Å². The third-order valence-electron chi connectivity index (χ3n) is 1.88. The molecule has 0 aromatic rings. The molecule has 0 radical (unpaired) electrons. The number of rotatable bonds is 8. The normalized spacial score (nSPS) is 12.4. The molecule has 1 unspecified atom stereocenters. The molecule has 0 saturated carbocycles. The van der Waals surface area contributed by atoms with Crippen LogP contribution in [0, 0.1) is 5.92 Å². The molecule has 1 heteroatoms. The minimum absolute atomic E-state index is 0.757. The van der Waals surface area contributed by atoms with Crippen LogP contribution in [0.2, 0.25) is 0 Å². The van der Waals surface area contributed by atoms with Crippen molar-refractivity contribution in [3.63, 3.8) is 0 Å². The van der Waals surface area contributed by atoms with E-state index in [1.807, 2.05) is 12.2 Å². The van der Waals surface area contributed by atoms with Gasteiger partial charge < -0.3 is 5.32 Å². The maximum Gasteiger partial charge on any atom is -0.00143 e. The lowest BCUT2D eigenvalue weighted by molar-refractivity contribution is 0.488. The Balaban J connectivity index is 3.12. The molecule has 0 heterocycles. The maximum atomic E-state index is 3.71. The van der Waals surface area contributed by atoms with Crippen LogP contribution in [0.25, 0.3) is 0 Å². The fourth-order valence-corrected chi connectivity index (χ4v) is 1.06. The van der Waals surface area contributed by atoms with Gasteiger partial charge in [-0.15, -0.1) is 13.2 Å². The van der Waals surface area contributed by atoms with Crippen LogP contribution in [0.1, 0.15) is 26.2 Å². The number of hydrogen-bond donors (Lipinski definition) is 1. The number of allylic oxidation sites excluding steroid dienone is 1. The highest BCUT2D eigenvalue weighted by Crippen LogP contribution is 2.03. The SMILES string of the molecule is C=CCCNCC(C)CCC=C. The first-order valence-corrected chi connectivity index (χ1v) is 4.73. The van der Waals surface area contributed by atoms with Gasteiger partial charge in [0.25, 0.3) is 0 Å². The van der Waals surface area contributed by atoms with Crippen LogP contribution in [-0.2, 0) is 0 Å². The van der Waals surface area contributed by atoms with Crippen molar-refractivity contribution >= 4 is 0 Å². The number of hydrogen-bond acceptors (Lipinski definition) is 1. The molecule has 1 nitrogen and oxygen atoms in total. The van der Waals surface area contributed by atoms with Crippen molar-refractivity contribution in [1.82, 2.24) is 5.32 Å². The highest BCUT2D eigenvalue weighted by molar-refractivity contribution is 4.70. The Labute approximate surface area is 76.6 Å². The number of nitrogens with one attached hydrogen (secondary N) is 1. The largest absolute Gasteiger partial charge is 0.316 e. The quantitative estimate of drug-likeness (QED) is 0.433. The Morgan fingerprint density at radius 2 is 1.92 bits per heavy atom. The first-order chi connectivity index (χ1) is 5.81. The van der Waals surface area contributed by atoms with E-state index >= 15 is 0 Å². The van der Waals surface area contributed by atoms with Crippen LogP contribution in [0.4, 0.5) is 0 Å². The van der Waals surface area contributed by atoms with Crippen molar-refractivity contribution < 1.29 is 0 Å². The van der Waals surface area contributed by atoms with Crippen LogP contribution in [0.15, 0.2) is 25.3 Å². The second-order valence-electron chi connectivity index (χ2n) is 3.25. The first kappa shape index (κ1) is 11.4. The van der Waals surface area contributed by atoms with Crippen molar-refractivity contribution in [2.45, 2.75) is 26.2 Å². The van der Waals surface area contributed by atoms with Gasteiger partial charge in [0.05, 0.1) is 0 Å². The third-order valence-corrected chi connectivity index (χ3v) is 1.88. The van der Waals surface area contributed by atoms with Gasteiger partial charge in [-0.2, -0.15) is 0 Å². The zero-order chi connectivity index (χ0) is 9.23. The van der Waals surface area contributed by atoms with Gasteiger partial charge in [0.15, 0.2) is 0 Å². The van der Waals surface area contributed by atoms with Crippen molar-refractivity contribution in [2.75, 3.05) is 13.1 Å². The second kappa shape index (κ2) is 8.54. The lowest BCUT2D eigenvalue weighted by Gasteiger charge is -2.10. The summed E-state index contributed by atoms with van der Waals surface area (Å²) in [7, 11) is 0. The van der Waals surface area contributed by atoms with E-state index < -0.39 is 0 Å². The highest BCUT2D eigenvalue weighted by atomic mass is 14.8. The summed E-state index contributed by atoms with van der Waals surface area (Å²) in [5.41, 5.74) is 0. The van der Waals surface area contributed by atoms with Crippen molar-refractivity contribution in [3.05, 3.63) is 25.3 Å². The van der Waals surface area contributed by atoms with Gasteiger partial charge in [-0.1, -0.05) is 19.1 Å². The van der Waals surface area contributed by atoms with E-state index in [4.69, 9.17) is 0 Å². The van der Waals surface area contributed by atoms with Crippen LogP contribution >= 0.6 is 0 Å². The average molecular weight is 167 g/mol. The lowest BCUT2D eigenvalue weighted by Crippen LogP contribution is -2.21. The van der Waals surface area contributed by atoms with Crippen molar-refractivity contribution in [3.8, 4) is 0 Å². The summed E-state index contributed by atoms with van der Waals surface area (Å²) in [5.74, 6) is 0.757. The fourth-order valence-electron chi connectivity index (χ4n) is 1.06. The second-order valence-corrected chi connectivity index (χ2v) is 3.25. The van der Waals surface area contributed by atoms with Gasteiger partial charge in [0, 0.05) is 0 Å². The van der Waals surface area contributed by atoms with E-state index in [-0.39, 0.29) is 0 Å². The molecule has 0 aliphatic heterocycles. The van der Waals surface area contributed by atoms with Gasteiger partial charge in [-0.05, 0) is 38.3 Å². The van der Waals surface area contributed by atoms with Crippen molar-refractivity contribution in [1.29, 1.82) is 0 Å². The molecular formula is C11H21N. The Hall–Kier alpha value is -0.560. The Kier molecular flexibility index (Phi) is 8.14. The molecule has 0 aromatic heterocycles. The summed E-state index contributed by atoms with van der Waals surface area (Å²) in [6.45, 7) is 11.8. The topological polar surface area (TPSA) is 12.0 Å². The predicted octanol–water partition coefficient (Wildman–Crippen LogP) is 2.75. The van der Waals surface area contributed by atoms with Crippen LogP contribution < -0.4 is 5.32 Å². The standard InChI is InChI=1S/C11H21N/c1-4-6-8-11(3)10-12-9-7-5-2/h4-5,11-12H,1-2,6-10H2,3H3. The summed E-state index contributed by atoms with van der Waals surface area (Å²) < 4.78 is 0. The molecule has 0 aliphatic carbocycles. The molecule has 0 saturated heterocycles. The molecule has 1 atom stereocenters. The molecule has 0 bridgehead atoms. The molecule has 70 valence electrons. The van der Waals surface area contributed by atoms with E-state index in [1.54, 1.807) is 0 Å². The zero-order valence-electron chi connectivity index (χ0n) is 8.18. The van der Waals surface area contributed by atoms with Gasteiger partial charge in [-0.25, -0.2) is 0 Å². The van der Waals surface area contributed by atoms with Crippen molar-refractivity contribution in [2.24, 2.45) is 5.92 Å². The highest BCUT2D eigenvalue weighted by Gasteiger charge is 1.98. The lowest BCUT2D eigenvalue weighted by atomic mass is 10.1. The molecule has 1 N–H and O–H groups in total. The maximum absolute atomic E-state index is 3.71. The summed E-state index contributed by atoms with van der Waals surface area (Å²) in [6.07, 6.45) is 7.37. The monoisotopic (exact) mass is 167 g/mol. The molecule has 0 aromatic carbocycles. The predicted molar refractivity (Wildman–Crippen MR) is 56.3 cm³/mol. The molecule has 12 heavy (non-hydrogen) atoms. The summed E-state index contributed by atoms with van der Waals surface area (Å²) in [4.78, 5) is 0. The molecule has 0 spiro atoms. The summed E-state index contributed by atoms with van der Waals surface area (Å²) in [6, 6.07) is 0. The van der Waals surface area contributed by atoms with E-state index in [0.717, 1.165) is 31.8 Å². The van der Waals surface area contributed by atoms with Crippen LogP contribution in [0.5, 0.6) is 0 Å². The van der Waals surface area contributed by atoms with E-state index in [2.05, 4.69) is 25.4 Å². The molecular weight excluding hydrogens is 146 g/mol. The zero-order valence-corrected chi connectivity index (χ0v) is 8.18. The molecule has 0 rings (SSSR count).